The van der Waals surface area contributed by atoms with Crippen molar-refractivity contribution in [1.82, 2.24) is 9.03 Å². The first kappa shape index (κ1) is 26.7. The van der Waals surface area contributed by atoms with E-state index in [9.17, 15) is 21.6 Å². The molecule has 0 fully saturated rings. The van der Waals surface area contributed by atoms with Gasteiger partial charge < -0.3 is 5.32 Å². The molecule has 2 N–H and O–H groups in total. The van der Waals surface area contributed by atoms with Crippen molar-refractivity contribution in [2.75, 3.05) is 25.0 Å². The standard InChI is InChI=1S/C23H31N3O5S2/c1-4-17-24-32(28,29)18-20-7-12-21(13-8-20)25-23(27)16-11-19-9-14-22(15-10-19)33(30,31)26(5-2)6-3/h4,7-10,12-15,24H,1,5-6,11,16-18H2,2-3H3,(H,25,27). The van der Waals surface area contributed by atoms with Gasteiger partial charge in [0.25, 0.3) is 0 Å². The molecular weight excluding hydrogens is 462 g/mol. The number of rotatable bonds is 13. The van der Waals surface area contributed by atoms with E-state index in [1.807, 2.05) is 0 Å². The van der Waals surface area contributed by atoms with Crippen LogP contribution < -0.4 is 10.0 Å². The van der Waals surface area contributed by atoms with Gasteiger partial charge in [0.1, 0.15) is 0 Å². The van der Waals surface area contributed by atoms with E-state index >= 15 is 0 Å². The van der Waals surface area contributed by atoms with Gasteiger partial charge >= 0.3 is 0 Å². The van der Waals surface area contributed by atoms with Crippen molar-refractivity contribution in [2.45, 2.75) is 37.3 Å². The molecule has 0 aliphatic carbocycles. The summed E-state index contributed by atoms with van der Waals surface area (Å²) in [4.78, 5) is 12.5. The number of carbonyl (C=O) groups is 1. The van der Waals surface area contributed by atoms with Gasteiger partial charge in [0.15, 0.2) is 0 Å². The zero-order chi connectivity index (χ0) is 24.5. The van der Waals surface area contributed by atoms with Crippen LogP contribution in [0.4, 0.5) is 5.69 Å². The summed E-state index contributed by atoms with van der Waals surface area (Å²) < 4.78 is 52.7. The number of amides is 1. The molecular formula is C23H31N3O5S2. The monoisotopic (exact) mass is 493 g/mol. The topological polar surface area (TPSA) is 113 Å². The van der Waals surface area contributed by atoms with Crippen LogP contribution in [-0.4, -0.2) is 46.7 Å². The Morgan fingerprint density at radius 2 is 1.52 bits per heavy atom. The molecule has 0 aliphatic rings. The molecule has 0 saturated carbocycles. The van der Waals surface area contributed by atoms with Gasteiger partial charge in [-0.15, -0.1) is 6.58 Å². The maximum absolute atomic E-state index is 12.5. The van der Waals surface area contributed by atoms with E-state index in [2.05, 4.69) is 16.6 Å². The Morgan fingerprint density at radius 1 is 0.939 bits per heavy atom. The minimum atomic E-state index is -3.50. The van der Waals surface area contributed by atoms with E-state index in [4.69, 9.17) is 0 Å². The predicted molar refractivity (Wildman–Crippen MR) is 131 cm³/mol. The lowest BCUT2D eigenvalue weighted by atomic mass is 10.1. The van der Waals surface area contributed by atoms with Gasteiger partial charge in [0.05, 0.1) is 10.6 Å². The van der Waals surface area contributed by atoms with Crippen molar-refractivity contribution in [3.05, 3.63) is 72.3 Å². The highest BCUT2D eigenvalue weighted by atomic mass is 32.2. The van der Waals surface area contributed by atoms with Gasteiger partial charge in [-0.3, -0.25) is 4.79 Å². The predicted octanol–water partition coefficient (Wildman–Crippen LogP) is 2.89. The quantitative estimate of drug-likeness (QED) is 0.417. The van der Waals surface area contributed by atoms with Gasteiger partial charge in [-0.1, -0.05) is 44.2 Å². The Balaban J connectivity index is 1.89. The van der Waals surface area contributed by atoms with Crippen molar-refractivity contribution in [3.63, 3.8) is 0 Å². The minimum absolute atomic E-state index is 0.158. The van der Waals surface area contributed by atoms with Crippen molar-refractivity contribution in [3.8, 4) is 0 Å². The lowest BCUT2D eigenvalue weighted by Gasteiger charge is -2.18. The summed E-state index contributed by atoms with van der Waals surface area (Å²) in [5.41, 5.74) is 2.03. The zero-order valence-electron chi connectivity index (χ0n) is 19.0. The Kier molecular flexibility index (Phi) is 9.78. The fourth-order valence-corrected chi connectivity index (χ4v) is 5.73. The SMILES string of the molecule is C=CCNS(=O)(=O)Cc1ccc(NC(=O)CCc2ccc(S(=O)(=O)N(CC)CC)cc2)cc1. The number of benzene rings is 2. The fourth-order valence-electron chi connectivity index (χ4n) is 3.16. The number of hydrogen-bond acceptors (Lipinski definition) is 5. The van der Waals surface area contributed by atoms with Gasteiger partial charge in [-0.05, 0) is 41.8 Å². The molecule has 180 valence electrons. The van der Waals surface area contributed by atoms with Crippen LogP contribution in [0.5, 0.6) is 0 Å². The van der Waals surface area contributed by atoms with E-state index in [0.29, 0.717) is 30.8 Å². The molecule has 2 aromatic carbocycles. The van der Waals surface area contributed by atoms with E-state index in [1.54, 1.807) is 62.4 Å². The molecule has 0 spiro atoms. The second-order valence-electron chi connectivity index (χ2n) is 7.37. The molecule has 0 radical (unpaired) electrons. The molecule has 0 unspecified atom stereocenters. The maximum atomic E-state index is 12.5. The largest absolute Gasteiger partial charge is 0.326 e. The summed E-state index contributed by atoms with van der Waals surface area (Å²) in [5, 5.41) is 2.78. The average molecular weight is 494 g/mol. The molecule has 0 aromatic heterocycles. The molecule has 0 bridgehead atoms. The summed E-state index contributed by atoms with van der Waals surface area (Å²) in [6, 6.07) is 13.2. The normalized spacial score (nSPS) is 12.0. The summed E-state index contributed by atoms with van der Waals surface area (Å²) in [6.45, 7) is 8.06. The van der Waals surface area contributed by atoms with E-state index < -0.39 is 20.0 Å². The third kappa shape index (κ3) is 8.08. The molecule has 10 heteroatoms. The van der Waals surface area contributed by atoms with Crippen molar-refractivity contribution < 1.29 is 21.6 Å². The highest BCUT2D eigenvalue weighted by Crippen LogP contribution is 2.17. The Bertz CT molecular complexity index is 1140. The minimum Gasteiger partial charge on any atom is -0.326 e. The number of aryl methyl sites for hydroxylation is 1. The summed E-state index contributed by atoms with van der Waals surface area (Å²) >= 11 is 0. The van der Waals surface area contributed by atoms with Crippen LogP contribution >= 0.6 is 0 Å². The zero-order valence-corrected chi connectivity index (χ0v) is 20.6. The lowest BCUT2D eigenvalue weighted by molar-refractivity contribution is -0.116. The van der Waals surface area contributed by atoms with Crippen LogP contribution in [0, 0.1) is 0 Å². The van der Waals surface area contributed by atoms with Gasteiger partial charge in [0, 0.05) is 31.7 Å². The third-order valence-electron chi connectivity index (χ3n) is 4.95. The van der Waals surface area contributed by atoms with Crippen molar-refractivity contribution >= 4 is 31.6 Å². The lowest BCUT2D eigenvalue weighted by Crippen LogP contribution is -2.30. The summed E-state index contributed by atoms with van der Waals surface area (Å²) in [6.07, 6.45) is 2.16. The maximum Gasteiger partial charge on any atom is 0.243 e. The molecule has 8 nitrogen and oxygen atoms in total. The highest BCUT2D eigenvalue weighted by molar-refractivity contribution is 7.89. The Hall–Kier alpha value is -2.53. The number of sulfonamides is 2. The first-order valence-electron chi connectivity index (χ1n) is 10.7. The number of nitrogens with zero attached hydrogens (tertiary/aromatic N) is 1. The number of anilines is 1. The van der Waals surface area contributed by atoms with Crippen molar-refractivity contribution in [2.24, 2.45) is 0 Å². The van der Waals surface area contributed by atoms with Gasteiger partial charge in [0.2, 0.25) is 26.0 Å². The third-order valence-corrected chi connectivity index (χ3v) is 8.33. The van der Waals surface area contributed by atoms with Crippen LogP contribution in [0.3, 0.4) is 0 Å². The first-order chi connectivity index (χ1) is 15.6. The van der Waals surface area contributed by atoms with E-state index in [-0.39, 0.29) is 29.5 Å². The molecule has 0 heterocycles. The number of carbonyl (C=O) groups excluding carboxylic acids is 1. The molecule has 0 saturated heterocycles. The van der Waals surface area contributed by atoms with Gasteiger partial charge in [-0.25, -0.2) is 21.6 Å². The number of hydrogen-bond donors (Lipinski definition) is 2. The molecule has 1 amide bonds. The molecule has 0 atom stereocenters. The Labute approximate surface area is 196 Å². The van der Waals surface area contributed by atoms with Crippen molar-refractivity contribution in [1.29, 1.82) is 0 Å². The molecule has 2 rings (SSSR count). The number of nitrogens with one attached hydrogen (secondary N) is 2. The second-order valence-corrected chi connectivity index (χ2v) is 11.1. The van der Waals surface area contributed by atoms with Crippen LogP contribution in [-0.2, 0) is 37.0 Å². The summed E-state index contributed by atoms with van der Waals surface area (Å²) in [7, 11) is -6.94. The highest BCUT2D eigenvalue weighted by Gasteiger charge is 2.21. The fraction of sp³-hybridized carbons (Fsp3) is 0.348. The smallest absolute Gasteiger partial charge is 0.243 e. The second kappa shape index (κ2) is 12.1. The van der Waals surface area contributed by atoms with Crippen LogP contribution in [0.15, 0.2) is 66.1 Å². The first-order valence-corrected chi connectivity index (χ1v) is 13.8. The Morgan fingerprint density at radius 3 is 2.06 bits per heavy atom. The average Bonchev–Trinajstić information content (AvgIpc) is 2.78. The molecule has 33 heavy (non-hydrogen) atoms. The van der Waals surface area contributed by atoms with Gasteiger partial charge in [-0.2, -0.15) is 4.31 Å². The van der Waals surface area contributed by atoms with Crippen LogP contribution in [0.25, 0.3) is 0 Å². The summed E-state index contributed by atoms with van der Waals surface area (Å²) in [5.74, 6) is -0.349. The van der Waals surface area contributed by atoms with Crippen LogP contribution in [0.1, 0.15) is 31.4 Å². The van der Waals surface area contributed by atoms with E-state index in [1.165, 1.54) is 10.4 Å². The van der Waals surface area contributed by atoms with Crippen LogP contribution in [0.2, 0.25) is 0 Å². The van der Waals surface area contributed by atoms with E-state index in [0.717, 1.165) is 5.56 Å². The molecule has 0 aliphatic heterocycles. The molecule has 2 aromatic rings.